The molecule has 1 aliphatic rings. The Morgan fingerprint density at radius 2 is 1.78 bits per heavy atom. The van der Waals surface area contributed by atoms with Crippen LogP contribution in [-0.2, 0) is 9.53 Å². The van der Waals surface area contributed by atoms with Gasteiger partial charge in [0.2, 0.25) is 5.90 Å². The molecule has 0 spiro atoms. The average molecular weight is 375 g/mol. The minimum atomic E-state index is -0.498. The fraction of sp³-hybridized carbons (Fsp3) is 0. The van der Waals surface area contributed by atoms with E-state index in [1.165, 1.54) is 11.3 Å². The molecule has 0 amide bonds. The van der Waals surface area contributed by atoms with E-state index in [2.05, 4.69) is 4.99 Å². The van der Waals surface area contributed by atoms with Gasteiger partial charge in [-0.3, -0.25) is 0 Å². The van der Waals surface area contributed by atoms with Gasteiger partial charge in [0.25, 0.3) is 0 Å². The standard InChI is InChI=1S/C21H13NO4S/c23-20-17(22-19(26-20)15-5-2-1-3-6-15)13-14-8-10-16(11-9-14)25-21(24)18-7-4-12-27-18/h1-13H/b17-13+. The van der Waals surface area contributed by atoms with E-state index < -0.39 is 11.9 Å². The zero-order valence-corrected chi connectivity index (χ0v) is 14.8. The summed E-state index contributed by atoms with van der Waals surface area (Å²) >= 11 is 1.32. The van der Waals surface area contributed by atoms with Gasteiger partial charge < -0.3 is 9.47 Å². The number of carbonyl (C=O) groups is 2. The van der Waals surface area contributed by atoms with Crippen molar-refractivity contribution in [3.63, 3.8) is 0 Å². The predicted octanol–water partition coefficient (Wildman–Crippen LogP) is 4.31. The van der Waals surface area contributed by atoms with E-state index in [4.69, 9.17) is 9.47 Å². The van der Waals surface area contributed by atoms with Crippen molar-refractivity contribution in [3.8, 4) is 5.75 Å². The Labute approximate surface area is 159 Å². The first-order valence-corrected chi connectivity index (χ1v) is 9.01. The number of ether oxygens (including phenoxy) is 2. The molecule has 4 rings (SSSR count). The predicted molar refractivity (Wildman–Crippen MR) is 103 cm³/mol. The van der Waals surface area contributed by atoms with E-state index in [-0.39, 0.29) is 11.6 Å². The zero-order chi connectivity index (χ0) is 18.6. The summed E-state index contributed by atoms with van der Waals surface area (Å²) in [6.45, 7) is 0. The molecule has 2 heterocycles. The summed E-state index contributed by atoms with van der Waals surface area (Å²) in [5, 5.41) is 1.82. The maximum absolute atomic E-state index is 12.0. The van der Waals surface area contributed by atoms with Crippen molar-refractivity contribution in [2.75, 3.05) is 0 Å². The molecule has 0 unspecified atom stereocenters. The highest BCUT2D eigenvalue weighted by Crippen LogP contribution is 2.21. The van der Waals surface area contributed by atoms with Gasteiger partial charge in [-0.1, -0.05) is 36.4 Å². The van der Waals surface area contributed by atoms with Gasteiger partial charge in [0.15, 0.2) is 5.70 Å². The Morgan fingerprint density at radius 3 is 2.48 bits per heavy atom. The van der Waals surface area contributed by atoms with Crippen LogP contribution in [0, 0.1) is 0 Å². The highest BCUT2D eigenvalue weighted by atomic mass is 32.1. The summed E-state index contributed by atoms with van der Waals surface area (Å²) in [4.78, 5) is 28.8. The minimum absolute atomic E-state index is 0.220. The molecule has 1 aromatic heterocycles. The van der Waals surface area contributed by atoms with Crippen LogP contribution in [0.25, 0.3) is 6.08 Å². The molecule has 2 aromatic carbocycles. The van der Waals surface area contributed by atoms with Crippen molar-refractivity contribution in [1.82, 2.24) is 0 Å². The molecular formula is C21H13NO4S. The SMILES string of the molecule is O=C1OC(c2ccccc2)=N/C1=C/c1ccc(OC(=O)c2cccs2)cc1. The molecule has 3 aromatic rings. The first kappa shape index (κ1) is 16.9. The largest absolute Gasteiger partial charge is 0.422 e. The summed E-state index contributed by atoms with van der Waals surface area (Å²) in [6, 6.07) is 19.6. The third kappa shape index (κ3) is 3.86. The van der Waals surface area contributed by atoms with E-state index in [1.54, 1.807) is 42.5 Å². The van der Waals surface area contributed by atoms with Crippen LogP contribution in [-0.4, -0.2) is 17.8 Å². The van der Waals surface area contributed by atoms with Crippen LogP contribution >= 0.6 is 11.3 Å². The molecule has 0 radical (unpaired) electrons. The summed E-state index contributed by atoms with van der Waals surface area (Å²) in [5.41, 5.74) is 1.71. The number of cyclic esters (lactones) is 1. The number of rotatable bonds is 4. The van der Waals surface area contributed by atoms with Gasteiger partial charge >= 0.3 is 11.9 Å². The Kier molecular flexibility index (Phi) is 4.63. The Morgan fingerprint density at radius 1 is 1.00 bits per heavy atom. The number of benzene rings is 2. The number of thiophene rings is 1. The minimum Gasteiger partial charge on any atom is -0.422 e. The summed E-state index contributed by atoms with van der Waals surface area (Å²) < 4.78 is 10.5. The maximum atomic E-state index is 12.0. The van der Waals surface area contributed by atoms with Crippen molar-refractivity contribution < 1.29 is 19.1 Å². The van der Waals surface area contributed by atoms with Gasteiger partial charge in [0, 0.05) is 5.56 Å². The molecule has 6 heteroatoms. The van der Waals surface area contributed by atoms with E-state index in [0.29, 0.717) is 10.6 Å². The molecular weight excluding hydrogens is 362 g/mol. The Balaban J connectivity index is 1.50. The first-order valence-electron chi connectivity index (χ1n) is 8.13. The normalized spacial score (nSPS) is 14.7. The van der Waals surface area contributed by atoms with Gasteiger partial charge in [-0.15, -0.1) is 11.3 Å². The lowest BCUT2D eigenvalue weighted by Crippen LogP contribution is -2.06. The first-order chi connectivity index (χ1) is 13.2. The number of aliphatic imine (C=N–C) groups is 1. The molecule has 1 aliphatic heterocycles. The van der Waals surface area contributed by atoms with Crippen molar-refractivity contribution in [2.24, 2.45) is 4.99 Å². The lowest BCUT2D eigenvalue weighted by molar-refractivity contribution is -0.129. The van der Waals surface area contributed by atoms with Gasteiger partial charge in [-0.2, -0.15) is 0 Å². The van der Waals surface area contributed by atoms with Crippen LogP contribution in [0.2, 0.25) is 0 Å². The van der Waals surface area contributed by atoms with Crippen molar-refractivity contribution in [1.29, 1.82) is 0 Å². The maximum Gasteiger partial charge on any atom is 0.363 e. The number of hydrogen-bond donors (Lipinski definition) is 0. The third-order valence-electron chi connectivity index (χ3n) is 3.76. The molecule has 27 heavy (non-hydrogen) atoms. The fourth-order valence-electron chi connectivity index (χ4n) is 2.46. The van der Waals surface area contributed by atoms with Crippen LogP contribution in [0.15, 0.2) is 82.8 Å². The van der Waals surface area contributed by atoms with Crippen LogP contribution in [0.1, 0.15) is 20.8 Å². The second-order valence-corrected chi connectivity index (χ2v) is 6.59. The number of carbonyl (C=O) groups excluding carboxylic acids is 2. The van der Waals surface area contributed by atoms with E-state index in [9.17, 15) is 9.59 Å². The number of hydrogen-bond acceptors (Lipinski definition) is 6. The molecule has 0 N–H and O–H groups in total. The quantitative estimate of drug-likeness (QED) is 0.387. The molecule has 0 aliphatic carbocycles. The summed E-state index contributed by atoms with van der Waals surface area (Å²) in [6.07, 6.45) is 1.63. The van der Waals surface area contributed by atoms with Crippen LogP contribution < -0.4 is 4.74 Å². The van der Waals surface area contributed by atoms with Crippen molar-refractivity contribution in [3.05, 3.63) is 93.8 Å². The number of esters is 2. The van der Waals surface area contributed by atoms with Crippen LogP contribution in [0.4, 0.5) is 0 Å². The smallest absolute Gasteiger partial charge is 0.363 e. The van der Waals surface area contributed by atoms with E-state index >= 15 is 0 Å². The lowest BCUT2D eigenvalue weighted by atomic mass is 10.2. The van der Waals surface area contributed by atoms with Crippen LogP contribution in [0.3, 0.4) is 0 Å². The highest BCUT2D eigenvalue weighted by molar-refractivity contribution is 7.12. The monoisotopic (exact) mass is 375 g/mol. The molecule has 0 saturated carbocycles. The van der Waals surface area contributed by atoms with Crippen molar-refractivity contribution >= 4 is 35.2 Å². The molecule has 0 fully saturated rings. The summed E-state index contributed by atoms with van der Waals surface area (Å²) in [7, 11) is 0. The van der Waals surface area contributed by atoms with Gasteiger partial charge in [0.05, 0.1) is 0 Å². The highest BCUT2D eigenvalue weighted by Gasteiger charge is 2.23. The molecule has 132 valence electrons. The molecule has 0 bridgehead atoms. The molecule has 0 saturated heterocycles. The Bertz CT molecular complexity index is 1040. The zero-order valence-electron chi connectivity index (χ0n) is 14.0. The average Bonchev–Trinajstić information content (AvgIpc) is 3.35. The number of nitrogens with zero attached hydrogens (tertiary/aromatic N) is 1. The fourth-order valence-corrected chi connectivity index (χ4v) is 3.05. The second kappa shape index (κ2) is 7.39. The molecule has 5 nitrogen and oxygen atoms in total. The second-order valence-electron chi connectivity index (χ2n) is 5.64. The third-order valence-corrected chi connectivity index (χ3v) is 4.61. The summed E-state index contributed by atoms with van der Waals surface area (Å²) in [5.74, 6) is -0.180. The Hall–Kier alpha value is -3.51. The van der Waals surface area contributed by atoms with Gasteiger partial charge in [0.1, 0.15) is 10.6 Å². The van der Waals surface area contributed by atoms with Crippen molar-refractivity contribution in [2.45, 2.75) is 0 Å². The van der Waals surface area contributed by atoms with Gasteiger partial charge in [-0.05, 0) is 47.4 Å². The van der Waals surface area contributed by atoms with E-state index in [0.717, 1.165) is 11.1 Å². The molecule has 0 atom stereocenters. The van der Waals surface area contributed by atoms with Gasteiger partial charge in [-0.25, -0.2) is 14.6 Å². The van der Waals surface area contributed by atoms with E-state index in [1.807, 2.05) is 35.7 Å². The topological polar surface area (TPSA) is 65.0 Å². The van der Waals surface area contributed by atoms with Crippen LogP contribution in [0.5, 0.6) is 5.75 Å². The lowest BCUT2D eigenvalue weighted by Gasteiger charge is -2.03.